The smallest absolute Gasteiger partial charge is 0.249 e. The summed E-state index contributed by atoms with van der Waals surface area (Å²) in [7, 11) is 3.03. The van der Waals surface area contributed by atoms with Crippen molar-refractivity contribution >= 4 is 40.1 Å². The molecule has 0 aliphatic carbocycles. The van der Waals surface area contributed by atoms with Gasteiger partial charge in [0.15, 0.2) is 11.5 Å². The summed E-state index contributed by atoms with van der Waals surface area (Å²) >= 11 is 0. The average Bonchev–Trinajstić information content (AvgIpc) is 3.69. The van der Waals surface area contributed by atoms with Crippen LogP contribution in [-0.2, 0) is 25.7 Å². The van der Waals surface area contributed by atoms with E-state index in [0.717, 1.165) is 12.8 Å². The van der Waals surface area contributed by atoms with Crippen LogP contribution in [0.3, 0.4) is 0 Å². The quantitative estimate of drug-likeness (QED) is 0.273. The van der Waals surface area contributed by atoms with Gasteiger partial charge < -0.3 is 24.8 Å². The van der Waals surface area contributed by atoms with E-state index >= 15 is 0 Å². The highest BCUT2D eigenvalue weighted by molar-refractivity contribution is 6.02. The number of benzene rings is 3. The summed E-state index contributed by atoms with van der Waals surface area (Å²) in [5.41, 5.74) is 2.83. The molecule has 3 aromatic carbocycles. The number of fused-ring (bicyclic) bond motifs is 1. The van der Waals surface area contributed by atoms with Gasteiger partial charge >= 0.3 is 0 Å². The van der Waals surface area contributed by atoms with Crippen LogP contribution >= 0.6 is 0 Å². The molecule has 1 aromatic heterocycles. The van der Waals surface area contributed by atoms with Crippen LogP contribution in [0.2, 0.25) is 0 Å². The van der Waals surface area contributed by atoms with Crippen molar-refractivity contribution in [2.24, 2.45) is 0 Å². The lowest BCUT2D eigenvalue weighted by Crippen LogP contribution is -2.46. The first-order valence-corrected chi connectivity index (χ1v) is 14.0. The van der Waals surface area contributed by atoms with Crippen LogP contribution in [0.1, 0.15) is 31.4 Å². The Hall–Kier alpha value is -4.97. The molecule has 0 spiro atoms. The van der Waals surface area contributed by atoms with Gasteiger partial charge in [-0.05, 0) is 66.9 Å². The van der Waals surface area contributed by atoms with Gasteiger partial charge in [-0.2, -0.15) is 0 Å². The third-order valence-corrected chi connectivity index (χ3v) is 7.20. The van der Waals surface area contributed by atoms with Crippen molar-refractivity contribution in [1.29, 1.82) is 0 Å². The Morgan fingerprint density at radius 1 is 1.05 bits per heavy atom. The van der Waals surface area contributed by atoms with Crippen LogP contribution in [0.4, 0.5) is 11.4 Å². The molecule has 2 N–H and O–H groups in total. The monoisotopic (exact) mass is 586 g/mol. The number of methoxy groups -OCH3 is 2. The maximum atomic E-state index is 14.3. The number of hydrogen-bond donors (Lipinski definition) is 2. The number of carbonyl (C=O) groups excluding carboxylic acids is 3. The highest BCUT2D eigenvalue weighted by Gasteiger charge is 2.34. The van der Waals surface area contributed by atoms with Gasteiger partial charge in [-0.3, -0.25) is 19.3 Å². The fraction of sp³-hybridized carbons (Fsp3) is 0.323. The standard InChI is InChI=1S/C31H34N6O6/c1-20(38)33-22-11-13-23(14-12-22)37(29(39)19-36-26-9-5-4-8-25(26)34-35-36)30(31(40)32-18-24-7-6-16-43-24)21-10-15-27(41-2)28(17-21)42-3/h4-5,8-15,17,24,30H,6-7,16,18-19H2,1-3H3,(H,32,40)(H,33,38)/t24-,30+/m0/s1. The van der Waals surface area contributed by atoms with Crippen LogP contribution in [-0.4, -0.2) is 66.2 Å². The normalized spacial score (nSPS) is 15.1. The van der Waals surface area contributed by atoms with Crippen LogP contribution in [0.25, 0.3) is 11.0 Å². The molecule has 2 heterocycles. The third-order valence-electron chi connectivity index (χ3n) is 7.20. The maximum Gasteiger partial charge on any atom is 0.249 e. The van der Waals surface area contributed by atoms with E-state index in [1.807, 2.05) is 24.3 Å². The summed E-state index contributed by atoms with van der Waals surface area (Å²) in [6, 6.07) is 18.1. The summed E-state index contributed by atoms with van der Waals surface area (Å²) in [5, 5.41) is 14.1. The number of para-hydroxylation sites is 1. The van der Waals surface area contributed by atoms with Crippen LogP contribution in [0, 0.1) is 0 Å². The van der Waals surface area contributed by atoms with Crippen molar-refractivity contribution in [2.75, 3.05) is 37.6 Å². The van der Waals surface area contributed by atoms with E-state index in [1.54, 1.807) is 42.5 Å². The van der Waals surface area contributed by atoms with Gasteiger partial charge in [-0.25, -0.2) is 4.68 Å². The lowest BCUT2D eigenvalue weighted by atomic mass is 10.0. The van der Waals surface area contributed by atoms with E-state index in [0.29, 0.717) is 52.6 Å². The van der Waals surface area contributed by atoms with Gasteiger partial charge in [0.05, 0.1) is 25.8 Å². The zero-order valence-corrected chi connectivity index (χ0v) is 24.3. The number of nitrogens with one attached hydrogen (secondary N) is 2. The first-order chi connectivity index (χ1) is 20.9. The number of hydrogen-bond acceptors (Lipinski definition) is 8. The number of aromatic nitrogens is 3. The lowest BCUT2D eigenvalue weighted by molar-refractivity contribution is -0.127. The molecule has 0 unspecified atom stereocenters. The predicted molar refractivity (Wildman–Crippen MR) is 160 cm³/mol. The third kappa shape index (κ3) is 6.75. The van der Waals surface area contributed by atoms with Crippen molar-refractivity contribution in [3.63, 3.8) is 0 Å². The SMILES string of the molecule is COc1ccc([C@H](C(=O)NC[C@@H]2CCCO2)N(C(=O)Cn2nnc3ccccc32)c2ccc(NC(C)=O)cc2)cc1OC. The number of nitrogens with zero attached hydrogens (tertiary/aromatic N) is 4. The number of ether oxygens (including phenoxy) is 3. The fourth-order valence-corrected chi connectivity index (χ4v) is 5.14. The number of carbonyl (C=O) groups is 3. The van der Waals surface area contributed by atoms with Crippen molar-refractivity contribution in [3.8, 4) is 11.5 Å². The van der Waals surface area contributed by atoms with E-state index < -0.39 is 17.9 Å². The molecule has 1 saturated heterocycles. The van der Waals surface area contributed by atoms with Gasteiger partial charge in [-0.1, -0.05) is 23.4 Å². The second kappa shape index (κ2) is 13.3. The molecule has 43 heavy (non-hydrogen) atoms. The molecular weight excluding hydrogens is 552 g/mol. The van der Waals surface area contributed by atoms with Gasteiger partial charge in [-0.15, -0.1) is 5.10 Å². The molecule has 0 radical (unpaired) electrons. The molecule has 1 aliphatic heterocycles. The van der Waals surface area contributed by atoms with Gasteiger partial charge in [0.25, 0.3) is 0 Å². The van der Waals surface area contributed by atoms with E-state index in [-0.39, 0.29) is 18.6 Å². The minimum absolute atomic E-state index is 0.0994. The highest BCUT2D eigenvalue weighted by atomic mass is 16.5. The van der Waals surface area contributed by atoms with Crippen molar-refractivity contribution < 1.29 is 28.6 Å². The molecule has 1 aliphatic rings. The number of rotatable bonds is 11. The maximum absolute atomic E-state index is 14.3. The Morgan fingerprint density at radius 2 is 1.81 bits per heavy atom. The van der Waals surface area contributed by atoms with E-state index in [9.17, 15) is 14.4 Å². The molecule has 3 amide bonds. The van der Waals surface area contributed by atoms with Crippen molar-refractivity contribution in [3.05, 3.63) is 72.3 Å². The molecule has 12 nitrogen and oxygen atoms in total. The first kappa shape index (κ1) is 29.5. The first-order valence-electron chi connectivity index (χ1n) is 14.0. The summed E-state index contributed by atoms with van der Waals surface area (Å²) in [4.78, 5) is 41.4. The minimum atomic E-state index is -1.10. The van der Waals surface area contributed by atoms with E-state index in [1.165, 1.54) is 30.7 Å². The van der Waals surface area contributed by atoms with Crippen LogP contribution in [0.5, 0.6) is 11.5 Å². The molecule has 0 bridgehead atoms. The van der Waals surface area contributed by atoms with Crippen molar-refractivity contribution in [2.45, 2.75) is 38.5 Å². The Labute approximate surface area is 248 Å². The molecule has 4 aromatic rings. The largest absolute Gasteiger partial charge is 0.493 e. The predicted octanol–water partition coefficient (Wildman–Crippen LogP) is 3.48. The highest BCUT2D eigenvalue weighted by Crippen LogP contribution is 2.35. The zero-order chi connectivity index (χ0) is 30.3. The molecular formula is C31H34N6O6. The summed E-state index contributed by atoms with van der Waals surface area (Å²) < 4.78 is 18.2. The summed E-state index contributed by atoms with van der Waals surface area (Å²) in [6.45, 7) is 2.19. The lowest BCUT2D eigenvalue weighted by Gasteiger charge is -2.32. The average molecular weight is 587 g/mol. The summed E-state index contributed by atoms with van der Waals surface area (Å²) in [5.74, 6) is -0.139. The molecule has 1 fully saturated rings. The Bertz CT molecular complexity index is 1600. The summed E-state index contributed by atoms with van der Waals surface area (Å²) in [6.07, 6.45) is 1.67. The molecule has 12 heteroatoms. The van der Waals surface area contributed by atoms with Gasteiger partial charge in [0.2, 0.25) is 17.7 Å². The Kier molecular flexibility index (Phi) is 9.16. The Morgan fingerprint density at radius 3 is 2.51 bits per heavy atom. The van der Waals surface area contributed by atoms with Gasteiger partial charge in [0.1, 0.15) is 18.1 Å². The van der Waals surface area contributed by atoms with Crippen LogP contribution < -0.4 is 25.0 Å². The number of anilines is 2. The van der Waals surface area contributed by atoms with Gasteiger partial charge in [0, 0.05) is 31.5 Å². The molecule has 5 rings (SSSR count). The van der Waals surface area contributed by atoms with E-state index in [2.05, 4.69) is 20.9 Å². The second-order valence-electron chi connectivity index (χ2n) is 10.1. The van der Waals surface area contributed by atoms with E-state index in [4.69, 9.17) is 14.2 Å². The molecule has 2 atom stereocenters. The zero-order valence-electron chi connectivity index (χ0n) is 24.3. The molecule has 224 valence electrons. The molecule has 0 saturated carbocycles. The topological polar surface area (TPSA) is 137 Å². The fourth-order valence-electron chi connectivity index (χ4n) is 5.14. The second-order valence-corrected chi connectivity index (χ2v) is 10.1. The van der Waals surface area contributed by atoms with Crippen LogP contribution in [0.15, 0.2) is 66.7 Å². The number of amides is 3. The minimum Gasteiger partial charge on any atom is -0.493 e. The van der Waals surface area contributed by atoms with Crippen molar-refractivity contribution in [1.82, 2.24) is 20.3 Å². The Balaban J connectivity index is 1.58.